The number of fused-ring (bicyclic) bond motifs is 1. The van der Waals surface area contributed by atoms with Gasteiger partial charge in [0.2, 0.25) is 0 Å². The molecule has 1 unspecified atom stereocenters. The molecule has 0 N–H and O–H groups in total. The minimum Gasteiger partial charge on any atom is -0.497 e. The van der Waals surface area contributed by atoms with Gasteiger partial charge in [0.25, 0.3) is 0 Å². The highest BCUT2D eigenvalue weighted by molar-refractivity contribution is 5.87. The van der Waals surface area contributed by atoms with Crippen molar-refractivity contribution in [3.05, 3.63) is 58.4 Å². The fourth-order valence-electron chi connectivity index (χ4n) is 2.92. The standard InChI is InChI=1S/C21H20O6/c1-12-17-10-9-16(26-13(2)20(22)25-4)11-18(17)27-21(23)19(12)14-5-7-15(24-3)8-6-14/h5-11,13H,1-4H3. The summed E-state index contributed by atoms with van der Waals surface area (Å²) in [6.07, 6.45) is -0.765. The summed E-state index contributed by atoms with van der Waals surface area (Å²) in [6.45, 7) is 3.46. The van der Waals surface area contributed by atoms with Crippen LogP contribution in [0.3, 0.4) is 0 Å². The lowest BCUT2D eigenvalue weighted by atomic mass is 9.99. The maximum atomic E-state index is 12.6. The Bertz CT molecular complexity index is 1030. The van der Waals surface area contributed by atoms with Crippen molar-refractivity contribution in [2.45, 2.75) is 20.0 Å². The van der Waals surface area contributed by atoms with Gasteiger partial charge in [0.05, 0.1) is 19.8 Å². The van der Waals surface area contributed by atoms with E-state index in [1.165, 1.54) is 7.11 Å². The van der Waals surface area contributed by atoms with E-state index in [4.69, 9.17) is 13.9 Å². The Balaban J connectivity index is 2.03. The quantitative estimate of drug-likeness (QED) is 0.505. The highest BCUT2D eigenvalue weighted by atomic mass is 16.6. The summed E-state index contributed by atoms with van der Waals surface area (Å²) in [5.41, 5.74) is 2.01. The molecule has 1 heterocycles. The molecule has 0 amide bonds. The fourth-order valence-corrected chi connectivity index (χ4v) is 2.92. The van der Waals surface area contributed by atoms with Gasteiger partial charge in [-0.15, -0.1) is 0 Å². The van der Waals surface area contributed by atoms with Crippen LogP contribution in [0.2, 0.25) is 0 Å². The number of rotatable bonds is 5. The molecule has 0 aliphatic rings. The van der Waals surface area contributed by atoms with Crippen LogP contribution in [0.5, 0.6) is 11.5 Å². The Morgan fingerprint density at radius 2 is 1.70 bits per heavy atom. The number of methoxy groups -OCH3 is 2. The normalized spacial score (nSPS) is 11.9. The van der Waals surface area contributed by atoms with Crippen molar-refractivity contribution in [1.82, 2.24) is 0 Å². The average Bonchev–Trinajstić information content (AvgIpc) is 2.67. The number of aryl methyl sites for hydroxylation is 1. The first-order valence-electron chi connectivity index (χ1n) is 8.41. The molecule has 0 aliphatic heterocycles. The van der Waals surface area contributed by atoms with Crippen molar-refractivity contribution in [3.63, 3.8) is 0 Å². The Kier molecular flexibility index (Phi) is 5.16. The van der Waals surface area contributed by atoms with Crippen molar-refractivity contribution >= 4 is 16.9 Å². The SMILES string of the molecule is COC(=O)C(C)Oc1ccc2c(C)c(-c3ccc(OC)cc3)c(=O)oc2c1. The Labute approximate surface area is 156 Å². The molecule has 27 heavy (non-hydrogen) atoms. The van der Waals surface area contributed by atoms with Crippen molar-refractivity contribution in [1.29, 1.82) is 0 Å². The van der Waals surface area contributed by atoms with Crippen LogP contribution in [0.15, 0.2) is 51.7 Å². The van der Waals surface area contributed by atoms with Crippen LogP contribution < -0.4 is 15.1 Å². The summed E-state index contributed by atoms with van der Waals surface area (Å²) in [6, 6.07) is 12.4. The third-order valence-corrected chi connectivity index (χ3v) is 4.36. The molecule has 0 saturated carbocycles. The van der Waals surface area contributed by atoms with Gasteiger partial charge < -0.3 is 18.6 Å². The van der Waals surface area contributed by atoms with Crippen LogP contribution in [-0.4, -0.2) is 26.3 Å². The van der Waals surface area contributed by atoms with Crippen LogP contribution >= 0.6 is 0 Å². The van der Waals surface area contributed by atoms with E-state index < -0.39 is 17.7 Å². The Morgan fingerprint density at radius 3 is 2.33 bits per heavy atom. The minimum atomic E-state index is -0.765. The van der Waals surface area contributed by atoms with Crippen LogP contribution in [-0.2, 0) is 9.53 Å². The summed E-state index contributed by atoms with van der Waals surface area (Å²) in [4.78, 5) is 24.1. The number of carbonyl (C=O) groups is 1. The van der Waals surface area contributed by atoms with Crippen LogP contribution in [0.1, 0.15) is 12.5 Å². The highest BCUT2D eigenvalue weighted by Gasteiger charge is 2.17. The first-order chi connectivity index (χ1) is 12.9. The summed E-state index contributed by atoms with van der Waals surface area (Å²) < 4.78 is 20.9. The highest BCUT2D eigenvalue weighted by Crippen LogP contribution is 2.30. The molecule has 0 radical (unpaired) electrons. The molecule has 1 aromatic heterocycles. The van der Waals surface area contributed by atoms with Gasteiger partial charge in [-0.25, -0.2) is 9.59 Å². The third kappa shape index (κ3) is 3.65. The number of benzene rings is 2. The first-order valence-corrected chi connectivity index (χ1v) is 8.41. The number of hydrogen-bond acceptors (Lipinski definition) is 6. The van der Waals surface area contributed by atoms with Gasteiger partial charge >= 0.3 is 11.6 Å². The lowest BCUT2D eigenvalue weighted by molar-refractivity contribution is -0.147. The molecule has 2 aromatic carbocycles. The number of carbonyl (C=O) groups excluding carboxylic acids is 1. The van der Waals surface area contributed by atoms with Crippen LogP contribution in [0, 0.1) is 6.92 Å². The van der Waals surface area contributed by atoms with Crippen molar-refractivity contribution in [2.75, 3.05) is 14.2 Å². The topological polar surface area (TPSA) is 75.0 Å². The van der Waals surface area contributed by atoms with E-state index in [1.54, 1.807) is 44.4 Å². The molecule has 140 valence electrons. The van der Waals surface area contributed by atoms with Gasteiger partial charge in [-0.1, -0.05) is 12.1 Å². The Hall–Kier alpha value is -3.28. The van der Waals surface area contributed by atoms with E-state index in [2.05, 4.69) is 4.74 Å². The molecule has 3 rings (SSSR count). The van der Waals surface area contributed by atoms with Gasteiger partial charge in [-0.2, -0.15) is 0 Å². The van der Waals surface area contributed by atoms with E-state index in [0.29, 0.717) is 22.6 Å². The number of esters is 1. The minimum absolute atomic E-state index is 0.393. The molecular weight excluding hydrogens is 348 g/mol. The Morgan fingerprint density at radius 1 is 1.04 bits per heavy atom. The zero-order valence-electron chi connectivity index (χ0n) is 15.6. The monoisotopic (exact) mass is 368 g/mol. The van der Waals surface area contributed by atoms with Gasteiger partial charge in [-0.3, -0.25) is 0 Å². The molecule has 6 nitrogen and oxygen atoms in total. The second kappa shape index (κ2) is 7.53. The molecule has 0 fully saturated rings. The van der Waals surface area contributed by atoms with E-state index >= 15 is 0 Å². The van der Waals surface area contributed by atoms with Crippen molar-refractivity contribution < 1.29 is 23.4 Å². The maximum absolute atomic E-state index is 12.6. The zero-order valence-corrected chi connectivity index (χ0v) is 15.6. The largest absolute Gasteiger partial charge is 0.497 e. The van der Waals surface area contributed by atoms with Crippen molar-refractivity contribution in [2.24, 2.45) is 0 Å². The predicted octanol–water partition coefficient (Wildman–Crippen LogP) is 3.72. The summed E-state index contributed by atoms with van der Waals surface area (Å²) >= 11 is 0. The average molecular weight is 368 g/mol. The molecule has 0 bridgehead atoms. The predicted molar refractivity (Wildman–Crippen MR) is 101 cm³/mol. The van der Waals surface area contributed by atoms with Crippen molar-refractivity contribution in [3.8, 4) is 22.6 Å². The second-order valence-electron chi connectivity index (χ2n) is 6.06. The molecule has 0 spiro atoms. The molecule has 6 heteroatoms. The van der Waals surface area contributed by atoms with Gasteiger partial charge in [-0.05, 0) is 49.2 Å². The van der Waals surface area contributed by atoms with E-state index in [-0.39, 0.29) is 0 Å². The molecule has 1 atom stereocenters. The van der Waals surface area contributed by atoms with Gasteiger partial charge in [0, 0.05) is 11.5 Å². The summed E-state index contributed by atoms with van der Waals surface area (Å²) in [7, 11) is 2.89. The zero-order chi connectivity index (χ0) is 19.6. The molecular formula is C21H20O6. The van der Waals surface area contributed by atoms with Crippen LogP contribution in [0.25, 0.3) is 22.1 Å². The maximum Gasteiger partial charge on any atom is 0.346 e. The third-order valence-electron chi connectivity index (χ3n) is 4.36. The van der Waals surface area contributed by atoms with Gasteiger partial charge in [0.1, 0.15) is 17.1 Å². The molecule has 3 aromatic rings. The summed E-state index contributed by atoms with van der Waals surface area (Å²) in [5, 5.41) is 0.790. The number of ether oxygens (including phenoxy) is 3. The molecule has 0 aliphatic carbocycles. The smallest absolute Gasteiger partial charge is 0.346 e. The number of hydrogen-bond donors (Lipinski definition) is 0. The fraction of sp³-hybridized carbons (Fsp3) is 0.238. The lowest BCUT2D eigenvalue weighted by Crippen LogP contribution is -2.24. The van der Waals surface area contributed by atoms with E-state index in [9.17, 15) is 9.59 Å². The van der Waals surface area contributed by atoms with E-state index in [0.717, 1.165) is 16.5 Å². The lowest BCUT2D eigenvalue weighted by Gasteiger charge is -2.13. The molecule has 0 saturated heterocycles. The van der Waals surface area contributed by atoms with Crippen LogP contribution in [0.4, 0.5) is 0 Å². The second-order valence-corrected chi connectivity index (χ2v) is 6.06. The first kappa shape index (κ1) is 18.5. The summed E-state index contributed by atoms with van der Waals surface area (Å²) in [5.74, 6) is 0.644. The van der Waals surface area contributed by atoms with Gasteiger partial charge in [0.15, 0.2) is 6.10 Å². The van der Waals surface area contributed by atoms with E-state index in [1.807, 2.05) is 19.1 Å².